The SMILES string of the molecule is CC(C)Cc1ccc(C(C)C(=O)NNC(=S)Nc2ccc(C(F)(F)F)cc2)cc1. The van der Waals surface area contributed by atoms with E-state index in [1.54, 1.807) is 6.92 Å². The molecule has 0 radical (unpaired) electrons. The Bertz CT molecular complexity index is 834. The number of carbonyl (C=O) groups excluding carboxylic acids is 1. The lowest BCUT2D eigenvalue weighted by molar-refractivity contribution is -0.137. The predicted octanol–water partition coefficient (Wildman–Crippen LogP) is 5.03. The van der Waals surface area contributed by atoms with Crippen LogP contribution < -0.4 is 16.2 Å². The van der Waals surface area contributed by atoms with Crippen LogP contribution in [0, 0.1) is 5.92 Å². The van der Waals surface area contributed by atoms with Crippen LogP contribution in [0.5, 0.6) is 0 Å². The van der Waals surface area contributed by atoms with E-state index in [4.69, 9.17) is 12.2 Å². The summed E-state index contributed by atoms with van der Waals surface area (Å²) in [6.07, 6.45) is -3.42. The minimum absolute atomic E-state index is 0.0672. The molecule has 2 aromatic carbocycles. The minimum atomic E-state index is -4.39. The van der Waals surface area contributed by atoms with Crippen molar-refractivity contribution in [1.82, 2.24) is 10.9 Å². The van der Waals surface area contributed by atoms with Gasteiger partial charge in [-0.3, -0.25) is 15.6 Å². The molecule has 0 aliphatic rings. The number of halogens is 3. The number of hydrogen-bond donors (Lipinski definition) is 3. The zero-order chi connectivity index (χ0) is 21.6. The van der Waals surface area contributed by atoms with Crippen molar-refractivity contribution < 1.29 is 18.0 Å². The molecule has 8 heteroatoms. The van der Waals surface area contributed by atoms with Crippen LogP contribution >= 0.6 is 12.2 Å². The smallest absolute Gasteiger partial charge is 0.331 e. The van der Waals surface area contributed by atoms with Crippen molar-refractivity contribution >= 4 is 28.9 Å². The van der Waals surface area contributed by atoms with Crippen LogP contribution in [0.4, 0.5) is 18.9 Å². The van der Waals surface area contributed by atoms with Crippen molar-refractivity contribution in [3.05, 3.63) is 65.2 Å². The standard InChI is InChI=1S/C21H24F3N3OS/c1-13(2)12-15-4-6-16(7-5-15)14(3)19(28)26-27-20(29)25-18-10-8-17(9-11-18)21(22,23)24/h4-11,13-14H,12H2,1-3H3,(H,26,28)(H2,25,27,29). The first-order valence-corrected chi connectivity index (χ1v) is 9.60. The van der Waals surface area contributed by atoms with E-state index in [0.717, 1.165) is 24.1 Å². The maximum atomic E-state index is 12.6. The third-order valence-corrected chi connectivity index (χ3v) is 4.49. The molecule has 29 heavy (non-hydrogen) atoms. The van der Waals surface area contributed by atoms with E-state index < -0.39 is 17.7 Å². The first-order chi connectivity index (χ1) is 13.6. The van der Waals surface area contributed by atoms with Crippen molar-refractivity contribution in [2.75, 3.05) is 5.32 Å². The van der Waals surface area contributed by atoms with Gasteiger partial charge < -0.3 is 5.32 Å². The first-order valence-electron chi connectivity index (χ1n) is 9.19. The van der Waals surface area contributed by atoms with Crippen LogP contribution in [0.25, 0.3) is 0 Å². The number of thiocarbonyl (C=S) groups is 1. The molecule has 0 bridgehead atoms. The van der Waals surface area contributed by atoms with Gasteiger partial charge >= 0.3 is 6.18 Å². The molecule has 0 fully saturated rings. The highest BCUT2D eigenvalue weighted by atomic mass is 32.1. The summed E-state index contributed by atoms with van der Waals surface area (Å²) in [4.78, 5) is 12.3. The average molecular weight is 424 g/mol. The molecule has 0 saturated heterocycles. The molecule has 2 rings (SSSR count). The second-order valence-electron chi connectivity index (χ2n) is 7.20. The number of carbonyl (C=O) groups is 1. The van der Waals surface area contributed by atoms with Gasteiger partial charge in [0.05, 0.1) is 11.5 Å². The van der Waals surface area contributed by atoms with E-state index in [1.165, 1.54) is 17.7 Å². The maximum Gasteiger partial charge on any atom is 0.416 e. The van der Waals surface area contributed by atoms with Gasteiger partial charge in [0.25, 0.3) is 0 Å². The van der Waals surface area contributed by atoms with Crippen LogP contribution in [-0.2, 0) is 17.4 Å². The van der Waals surface area contributed by atoms with Gasteiger partial charge in [0, 0.05) is 5.69 Å². The highest BCUT2D eigenvalue weighted by molar-refractivity contribution is 7.80. The summed E-state index contributed by atoms with van der Waals surface area (Å²) in [6.45, 7) is 6.08. The normalized spacial score (nSPS) is 12.4. The lowest BCUT2D eigenvalue weighted by atomic mass is 9.96. The Hall–Kier alpha value is -2.61. The van der Waals surface area contributed by atoms with Gasteiger partial charge in [-0.05, 0) is 66.9 Å². The molecule has 4 nitrogen and oxygen atoms in total. The first kappa shape index (κ1) is 22.7. The van der Waals surface area contributed by atoms with E-state index in [1.807, 2.05) is 24.3 Å². The number of rotatable bonds is 5. The van der Waals surface area contributed by atoms with Gasteiger partial charge in [0.15, 0.2) is 5.11 Å². The quantitative estimate of drug-likeness (QED) is 0.467. The monoisotopic (exact) mass is 423 g/mol. The van der Waals surface area contributed by atoms with E-state index in [9.17, 15) is 18.0 Å². The summed E-state index contributed by atoms with van der Waals surface area (Å²) < 4.78 is 37.7. The summed E-state index contributed by atoms with van der Waals surface area (Å²) >= 11 is 5.06. The molecule has 2 aromatic rings. The molecule has 1 unspecified atom stereocenters. The Balaban J connectivity index is 1.85. The summed E-state index contributed by atoms with van der Waals surface area (Å²) in [5.74, 6) is -0.119. The van der Waals surface area contributed by atoms with Crippen molar-refractivity contribution in [3.8, 4) is 0 Å². The van der Waals surface area contributed by atoms with Gasteiger partial charge in [-0.15, -0.1) is 0 Å². The zero-order valence-electron chi connectivity index (χ0n) is 16.4. The van der Waals surface area contributed by atoms with Crippen LogP contribution in [-0.4, -0.2) is 11.0 Å². The Kier molecular flexibility index (Phi) is 7.61. The number of hydrazine groups is 1. The topological polar surface area (TPSA) is 53.2 Å². The molecule has 3 N–H and O–H groups in total. The molecule has 0 heterocycles. The van der Waals surface area contributed by atoms with E-state index in [2.05, 4.69) is 30.0 Å². The second kappa shape index (κ2) is 9.73. The van der Waals surface area contributed by atoms with Gasteiger partial charge in [-0.25, -0.2) is 0 Å². The molecule has 0 spiro atoms. The lowest BCUT2D eigenvalue weighted by Gasteiger charge is -2.16. The fraction of sp³-hybridized carbons (Fsp3) is 0.333. The Labute approximate surface area is 173 Å². The number of anilines is 1. The predicted molar refractivity (Wildman–Crippen MR) is 112 cm³/mol. The number of amides is 1. The second-order valence-corrected chi connectivity index (χ2v) is 7.61. The molecule has 1 amide bonds. The minimum Gasteiger partial charge on any atom is -0.331 e. The number of hydrogen-bond acceptors (Lipinski definition) is 2. The Morgan fingerprint density at radius 1 is 0.966 bits per heavy atom. The Morgan fingerprint density at radius 2 is 1.55 bits per heavy atom. The largest absolute Gasteiger partial charge is 0.416 e. The highest BCUT2D eigenvalue weighted by Gasteiger charge is 2.29. The van der Waals surface area contributed by atoms with Crippen molar-refractivity contribution in [2.24, 2.45) is 5.92 Å². The number of alkyl halides is 3. The van der Waals surface area contributed by atoms with Crippen LogP contribution in [0.15, 0.2) is 48.5 Å². The zero-order valence-corrected chi connectivity index (χ0v) is 17.2. The van der Waals surface area contributed by atoms with E-state index >= 15 is 0 Å². The summed E-state index contributed by atoms with van der Waals surface area (Å²) in [7, 11) is 0. The van der Waals surface area contributed by atoms with Crippen LogP contribution in [0.3, 0.4) is 0 Å². The fourth-order valence-electron chi connectivity index (χ4n) is 2.70. The summed E-state index contributed by atoms with van der Waals surface area (Å²) in [5.41, 5.74) is 6.79. The molecule has 0 aliphatic carbocycles. The number of benzene rings is 2. The Morgan fingerprint density at radius 3 is 2.07 bits per heavy atom. The van der Waals surface area contributed by atoms with Gasteiger partial charge in [-0.2, -0.15) is 13.2 Å². The maximum absolute atomic E-state index is 12.6. The van der Waals surface area contributed by atoms with E-state index in [-0.39, 0.29) is 11.0 Å². The van der Waals surface area contributed by atoms with Crippen molar-refractivity contribution in [2.45, 2.75) is 39.3 Å². The van der Waals surface area contributed by atoms with Gasteiger partial charge in [0.1, 0.15) is 0 Å². The highest BCUT2D eigenvalue weighted by Crippen LogP contribution is 2.29. The molecule has 156 valence electrons. The third-order valence-electron chi connectivity index (χ3n) is 4.29. The number of nitrogens with one attached hydrogen (secondary N) is 3. The van der Waals surface area contributed by atoms with Gasteiger partial charge in [-0.1, -0.05) is 38.1 Å². The molecule has 1 atom stereocenters. The van der Waals surface area contributed by atoms with Crippen molar-refractivity contribution in [1.29, 1.82) is 0 Å². The molecular formula is C21H24F3N3OS. The molecule has 0 saturated carbocycles. The fourth-order valence-corrected chi connectivity index (χ4v) is 2.87. The summed E-state index contributed by atoms with van der Waals surface area (Å²) in [6, 6.07) is 12.3. The van der Waals surface area contributed by atoms with Gasteiger partial charge in [0.2, 0.25) is 5.91 Å². The van der Waals surface area contributed by atoms with Crippen LogP contribution in [0.2, 0.25) is 0 Å². The van der Waals surface area contributed by atoms with E-state index in [0.29, 0.717) is 11.6 Å². The average Bonchev–Trinajstić information content (AvgIpc) is 2.65. The van der Waals surface area contributed by atoms with Crippen molar-refractivity contribution in [3.63, 3.8) is 0 Å². The molecule has 0 aromatic heterocycles. The third kappa shape index (κ3) is 7.05. The summed E-state index contributed by atoms with van der Waals surface area (Å²) in [5, 5.41) is 2.79. The molecule has 0 aliphatic heterocycles. The molecular weight excluding hydrogens is 399 g/mol. The lowest BCUT2D eigenvalue weighted by Crippen LogP contribution is -2.45. The van der Waals surface area contributed by atoms with Crippen LogP contribution in [0.1, 0.15) is 43.4 Å².